The Morgan fingerprint density at radius 1 is 1.12 bits per heavy atom. The van der Waals surface area contributed by atoms with E-state index in [9.17, 15) is 14.4 Å². The number of hydrogen-bond donors (Lipinski definition) is 0. The van der Waals surface area contributed by atoms with Crippen LogP contribution in [0.25, 0.3) is 0 Å². The maximum Gasteiger partial charge on any atom is 0.310 e. The Labute approximate surface area is 144 Å². The van der Waals surface area contributed by atoms with E-state index in [-0.39, 0.29) is 59.5 Å². The summed E-state index contributed by atoms with van der Waals surface area (Å²) in [6, 6.07) is 1.81. The van der Waals surface area contributed by atoms with Crippen LogP contribution in [0.3, 0.4) is 0 Å². The van der Waals surface area contributed by atoms with Gasteiger partial charge in [-0.15, -0.1) is 0 Å². The number of ketones is 1. The standard InChI is InChI=1S/C19H20O6/c1-19-7-15(9-2-3-23-8-9)25-18(22)13(19)6-14(20)16-11-4-10(5-12(16)19)24-17(11)21/h2-3,8,10-13,15-16H,4-7H2,1H3/t10-,11+,12+,13+,15-,16+,19-/m0/s1. The molecular formula is C19H20O6. The summed E-state index contributed by atoms with van der Waals surface area (Å²) >= 11 is 0. The Kier molecular flexibility index (Phi) is 3.01. The van der Waals surface area contributed by atoms with Crippen molar-refractivity contribution in [3.8, 4) is 0 Å². The lowest BCUT2D eigenvalue weighted by Crippen LogP contribution is -2.57. The Morgan fingerprint density at radius 3 is 2.72 bits per heavy atom. The van der Waals surface area contributed by atoms with Crippen LogP contribution in [-0.4, -0.2) is 23.8 Å². The minimum atomic E-state index is -0.433. The number of cyclic esters (lactones) is 1. The second-order valence-corrected chi connectivity index (χ2v) is 8.18. The van der Waals surface area contributed by atoms with Gasteiger partial charge in [0.25, 0.3) is 0 Å². The molecule has 2 bridgehead atoms. The highest BCUT2D eigenvalue weighted by atomic mass is 16.6. The number of esters is 2. The molecule has 5 rings (SSSR count). The third-order valence-corrected chi connectivity index (χ3v) is 6.99. The quantitative estimate of drug-likeness (QED) is 0.728. The summed E-state index contributed by atoms with van der Waals surface area (Å²) in [5.41, 5.74) is 0.466. The van der Waals surface area contributed by atoms with Crippen molar-refractivity contribution in [2.45, 2.75) is 44.8 Å². The second kappa shape index (κ2) is 4.96. The van der Waals surface area contributed by atoms with Crippen LogP contribution in [0, 0.1) is 29.1 Å². The average Bonchev–Trinajstić information content (AvgIpc) is 3.19. The van der Waals surface area contributed by atoms with Gasteiger partial charge in [-0.3, -0.25) is 14.4 Å². The number of Topliss-reactive ketones (excluding diaryl/α,β-unsaturated/α-hetero) is 1. The molecule has 0 aromatic carbocycles. The van der Waals surface area contributed by atoms with Gasteiger partial charge in [-0.1, -0.05) is 6.92 Å². The van der Waals surface area contributed by atoms with E-state index in [1.165, 1.54) is 0 Å². The van der Waals surface area contributed by atoms with Gasteiger partial charge in [0.2, 0.25) is 0 Å². The van der Waals surface area contributed by atoms with Crippen LogP contribution in [0.5, 0.6) is 0 Å². The van der Waals surface area contributed by atoms with Gasteiger partial charge in [-0.2, -0.15) is 0 Å². The van der Waals surface area contributed by atoms with Crippen LogP contribution in [0.15, 0.2) is 23.0 Å². The van der Waals surface area contributed by atoms with Crippen LogP contribution in [0.1, 0.15) is 44.3 Å². The van der Waals surface area contributed by atoms with E-state index in [0.29, 0.717) is 19.3 Å². The number of fused-ring (bicyclic) bond motifs is 6. The molecule has 6 nitrogen and oxygen atoms in total. The van der Waals surface area contributed by atoms with Crippen molar-refractivity contribution in [1.82, 2.24) is 0 Å². The highest BCUT2D eigenvalue weighted by molar-refractivity contribution is 5.93. The molecule has 1 aromatic rings. The summed E-state index contributed by atoms with van der Waals surface area (Å²) in [7, 11) is 0. The van der Waals surface area contributed by atoms with E-state index in [1.54, 1.807) is 12.5 Å². The maximum absolute atomic E-state index is 12.8. The summed E-state index contributed by atoms with van der Waals surface area (Å²) in [4.78, 5) is 37.6. The lowest BCUT2D eigenvalue weighted by atomic mass is 9.49. The zero-order valence-electron chi connectivity index (χ0n) is 14.0. The summed E-state index contributed by atoms with van der Waals surface area (Å²) < 4.78 is 16.2. The van der Waals surface area contributed by atoms with E-state index in [4.69, 9.17) is 13.9 Å². The van der Waals surface area contributed by atoms with Crippen molar-refractivity contribution in [2.24, 2.45) is 29.1 Å². The summed E-state index contributed by atoms with van der Waals surface area (Å²) in [6.45, 7) is 2.09. The molecular weight excluding hydrogens is 324 g/mol. The third-order valence-electron chi connectivity index (χ3n) is 6.99. The summed E-state index contributed by atoms with van der Waals surface area (Å²) in [5.74, 6) is -1.63. The molecule has 0 N–H and O–H groups in total. The molecule has 4 fully saturated rings. The highest BCUT2D eigenvalue weighted by Gasteiger charge is 2.64. The van der Waals surface area contributed by atoms with Crippen molar-refractivity contribution in [2.75, 3.05) is 0 Å². The molecule has 0 radical (unpaired) electrons. The molecule has 0 spiro atoms. The molecule has 2 aliphatic heterocycles. The van der Waals surface area contributed by atoms with Gasteiger partial charge in [-0.25, -0.2) is 0 Å². The molecule has 0 amide bonds. The summed E-state index contributed by atoms with van der Waals surface area (Å²) in [6.07, 6.45) is 4.81. The van der Waals surface area contributed by atoms with Gasteiger partial charge in [0.1, 0.15) is 18.0 Å². The van der Waals surface area contributed by atoms with Gasteiger partial charge < -0.3 is 13.9 Å². The van der Waals surface area contributed by atoms with Gasteiger partial charge in [0.05, 0.1) is 24.4 Å². The van der Waals surface area contributed by atoms with Gasteiger partial charge in [0.15, 0.2) is 0 Å². The fraction of sp³-hybridized carbons (Fsp3) is 0.632. The van der Waals surface area contributed by atoms with Crippen molar-refractivity contribution in [3.63, 3.8) is 0 Å². The maximum atomic E-state index is 12.8. The molecule has 0 unspecified atom stereocenters. The molecule has 6 heteroatoms. The molecule has 3 heterocycles. The van der Waals surface area contributed by atoms with Gasteiger partial charge in [0, 0.05) is 17.9 Å². The van der Waals surface area contributed by atoms with Crippen LogP contribution < -0.4 is 0 Å². The van der Waals surface area contributed by atoms with Crippen molar-refractivity contribution in [1.29, 1.82) is 0 Å². The Morgan fingerprint density at radius 2 is 1.96 bits per heavy atom. The second-order valence-electron chi connectivity index (χ2n) is 8.18. The number of rotatable bonds is 1. The highest BCUT2D eigenvalue weighted by Crippen LogP contribution is 2.61. The van der Waals surface area contributed by atoms with E-state index in [0.717, 1.165) is 5.56 Å². The number of carbonyl (C=O) groups excluding carboxylic acids is 3. The first-order valence-corrected chi connectivity index (χ1v) is 8.93. The predicted octanol–water partition coefficient (Wildman–Crippen LogP) is 2.43. The van der Waals surface area contributed by atoms with E-state index < -0.39 is 5.92 Å². The topological polar surface area (TPSA) is 82.8 Å². The molecule has 1 aromatic heterocycles. The molecule has 4 aliphatic rings. The normalized spacial score (nSPS) is 45.4. The number of hydrogen-bond acceptors (Lipinski definition) is 6. The molecule has 132 valence electrons. The van der Waals surface area contributed by atoms with E-state index in [2.05, 4.69) is 6.92 Å². The summed E-state index contributed by atoms with van der Waals surface area (Å²) in [5, 5.41) is 0. The number of ether oxygens (including phenoxy) is 2. The lowest BCUT2D eigenvalue weighted by Gasteiger charge is -2.54. The zero-order valence-corrected chi connectivity index (χ0v) is 14.0. The van der Waals surface area contributed by atoms with Crippen molar-refractivity contribution < 1.29 is 28.3 Å². The first kappa shape index (κ1) is 15.2. The number of carbonyl (C=O) groups is 3. The Hall–Kier alpha value is -2.11. The molecule has 7 atom stereocenters. The fourth-order valence-corrected chi connectivity index (χ4v) is 5.74. The van der Waals surface area contributed by atoms with Gasteiger partial charge in [-0.05, 0) is 36.7 Å². The molecule has 25 heavy (non-hydrogen) atoms. The minimum absolute atomic E-state index is 0.0174. The fourth-order valence-electron chi connectivity index (χ4n) is 5.74. The minimum Gasteiger partial charge on any atom is -0.472 e. The molecule has 2 saturated heterocycles. The molecule has 2 saturated carbocycles. The van der Waals surface area contributed by atoms with Crippen LogP contribution in [0.4, 0.5) is 0 Å². The van der Waals surface area contributed by atoms with Crippen LogP contribution in [-0.2, 0) is 23.9 Å². The smallest absolute Gasteiger partial charge is 0.310 e. The first-order valence-electron chi connectivity index (χ1n) is 8.93. The first-order chi connectivity index (χ1) is 12.0. The number of furan rings is 1. The zero-order chi connectivity index (χ0) is 17.3. The van der Waals surface area contributed by atoms with E-state index in [1.807, 2.05) is 6.07 Å². The van der Waals surface area contributed by atoms with Crippen molar-refractivity contribution >= 4 is 17.7 Å². The molecule has 2 aliphatic carbocycles. The average molecular weight is 344 g/mol. The SMILES string of the molecule is C[C@@]12C[C@@H](c3ccoc3)OC(=O)[C@H]1CC(=O)[C@H]1[C@H]2C[C@@H]2C[C@H]1C(=O)O2. The largest absolute Gasteiger partial charge is 0.472 e. The Bertz CT molecular complexity index is 752. The van der Waals surface area contributed by atoms with Gasteiger partial charge >= 0.3 is 11.9 Å². The van der Waals surface area contributed by atoms with Crippen molar-refractivity contribution in [3.05, 3.63) is 24.2 Å². The third kappa shape index (κ3) is 1.99. The van der Waals surface area contributed by atoms with Crippen LogP contribution >= 0.6 is 0 Å². The monoisotopic (exact) mass is 344 g/mol. The lowest BCUT2D eigenvalue weighted by molar-refractivity contribution is -0.191. The van der Waals surface area contributed by atoms with Crippen LogP contribution in [0.2, 0.25) is 0 Å². The predicted molar refractivity (Wildman–Crippen MR) is 83.0 cm³/mol. The van der Waals surface area contributed by atoms with E-state index >= 15 is 0 Å². The Balaban J connectivity index is 1.55.